The summed E-state index contributed by atoms with van der Waals surface area (Å²) in [7, 11) is 0. The number of carbonyl (C=O) groups is 2. The van der Waals surface area contributed by atoms with Crippen molar-refractivity contribution >= 4 is 17.6 Å². The second kappa shape index (κ2) is 8.40. The summed E-state index contributed by atoms with van der Waals surface area (Å²) in [5, 5.41) is 11.1. The number of aryl methyl sites for hydroxylation is 1. The molecule has 0 saturated carbocycles. The second-order valence-corrected chi connectivity index (χ2v) is 5.03. The maximum Gasteiger partial charge on any atom is 0.422 e. The molecule has 1 aromatic carbocycles. The summed E-state index contributed by atoms with van der Waals surface area (Å²) in [6, 6.07) is 4.33. The Morgan fingerprint density at radius 2 is 1.87 bits per heavy atom. The Kier molecular flexibility index (Phi) is 6.87. The van der Waals surface area contributed by atoms with Crippen molar-refractivity contribution in [3.63, 3.8) is 0 Å². The molecule has 1 amide bonds. The number of amides is 1. The maximum atomic E-state index is 12.1. The third kappa shape index (κ3) is 8.08. The summed E-state index contributed by atoms with van der Waals surface area (Å²) in [6.07, 6.45) is -3.36. The van der Waals surface area contributed by atoms with Crippen LogP contribution < -0.4 is 10.1 Å². The van der Waals surface area contributed by atoms with Crippen molar-refractivity contribution in [3.05, 3.63) is 23.8 Å². The molecule has 1 rings (SSSR count). The summed E-state index contributed by atoms with van der Waals surface area (Å²) in [6.45, 7) is 0.206. The number of hydrogen-bond acceptors (Lipinski definition) is 3. The van der Waals surface area contributed by atoms with Crippen LogP contribution in [0.25, 0.3) is 0 Å². The van der Waals surface area contributed by atoms with Crippen molar-refractivity contribution in [1.82, 2.24) is 0 Å². The van der Waals surface area contributed by atoms with Crippen LogP contribution in [-0.2, 0) is 9.59 Å². The van der Waals surface area contributed by atoms with Crippen LogP contribution in [-0.4, -0.2) is 29.8 Å². The molecule has 5 nitrogen and oxygen atoms in total. The maximum absolute atomic E-state index is 12.1. The number of aliphatic carboxylic acids is 1. The lowest BCUT2D eigenvalue weighted by Gasteiger charge is -2.13. The molecule has 0 aliphatic heterocycles. The summed E-state index contributed by atoms with van der Waals surface area (Å²) < 4.78 is 41.0. The van der Waals surface area contributed by atoms with E-state index in [9.17, 15) is 22.8 Å². The van der Waals surface area contributed by atoms with E-state index < -0.39 is 18.8 Å². The van der Waals surface area contributed by atoms with Crippen LogP contribution in [0.1, 0.15) is 31.2 Å². The van der Waals surface area contributed by atoms with E-state index in [2.05, 4.69) is 10.1 Å². The van der Waals surface area contributed by atoms with Crippen molar-refractivity contribution in [2.24, 2.45) is 0 Å². The molecule has 0 heterocycles. The molecular weight excluding hydrogens is 315 g/mol. The van der Waals surface area contributed by atoms with E-state index in [0.29, 0.717) is 24.1 Å². The molecular formula is C15H18F3NO4. The van der Waals surface area contributed by atoms with Crippen molar-refractivity contribution in [2.45, 2.75) is 38.8 Å². The van der Waals surface area contributed by atoms with Gasteiger partial charge in [-0.05, 0) is 43.5 Å². The van der Waals surface area contributed by atoms with Crippen LogP contribution in [0.15, 0.2) is 18.2 Å². The first-order chi connectivity index (χ1) is 10.7. The van der Waals surface area contributed by atoms with Gasteiger partial charge in [0.1, 0.15) is 5.75 Å². The van der Waals surface area contributed by atoms with Crippen molar-refractivity contribution in [1.29, 1.82) is 0 Å². The normalized spacial score (nSPS) is 11.1. The first-order valence-electron chi connectivity index (χ1n) is 6.99. The number of benzene rings is 1. The Morgan fingerprint density at radius 1 is 1.22 bits per heavy atom. The van der Waals surface area contributed by atoms with Gasteiger partial charge in [0.25, 0.3) is 0 Å². The van der Waals surface area contributed by atoms with Gasteiger partial charge in [0.2, 0.25) is 5.91 Å². The van der Waals surface area contributed by atoms with Gasteiger partial charge in [-0.15, -0.1) is 0 Å². The fraction of sp³-hybridized carbons (Fsp3) is 0.467. The van der Waals surface area contributed by atoms with E-state index in [-0.39, 0.29) is 24.5 Å². The number of ether oxygens (including phenoxy) is 1. The van der Waals surface area contributed by atoms with Gasteiger partial charge in [-0.1, -0.05) is 0 Å². The third-order valence-electron chi connectivity index (χ3n) is 2.89. The molecule has 0 atom stereocenters. The van der Waals surface area contributed by atoms with E-state index in [0.717, 1.165) is 0 Å². The highest BCUT2D eigenvalue weighted by Gasteiger charge is 2.28. The number of carbonyl (C=O) groups excluding carboxylic acids is 1. The Labute approximate surface area is 131 Å². The van der Waals surface area contributed by atoms with Gasteiger partial charge in [-0.25, -0.2) is 0 Å². The predicted molar refractivity (Wildman–Crippen MR) is 77.5 cm³/mol. The first-order valence-corrected chi connectivity index (χ1v) is 6.99. The zero-order valence-corrected chi connectivity index (χ0v) is 12.6. The lowest BCUT2D eigenvalue weighted by atomic mass is 10.1. The van der Waals surface area contributed by atoms with Gasteiger partial charge < -0.3 is 15.2 Å². The molecule has 0 aromatic heterocycles. The first kappa shape index (κ1) is 18.8. The van der Waals surface area contributed by atoms with Gasteiger partial charge >= 0.3 is 12.1 Å². The lowest BCUT2D eigenvalue weighted by molar-refractivity contribution is -0.153. The number of rotatable bonds is 8. The molecule has 0 radical (unpaired) electrons. The third-order valence-corrected chi connectivity index (χ3v) is 2.89. The largest absolute Gasteiger partial charge is 0.484 e. The molecule has 0 aliphatic carbocycles. The molecule has 8 heteroatoms. The fourth-order valence-corrected chi connectivity index (χ4v) is 1.83. The van der Waals surface area contributed by atoms with E-state index in [1.165, 1.54) is 18.2 Å². The van der Waals surface area contributed by atoms with E-state index in [1.54, 1.807) is 6.92 Å². The number of nitrogens with one attached hydrogen (secondary N) is 1. The number of unbranched alkanes of at least 4 members (excludes halogenated alkanes) is 1. The van der Waals surface area contributed by atoms with Gasteiger partial charge in [0.15, 0.2) is 6.61 Å². The second-order valence-electron chi connectivity index (χ2n) is 5.03. The van der Waals surface area contributed by atoms with Crippen LogP contribution in [0.5, 0.6) is 5.75 Å². The SMILES string of the molecule is Cc1cc(NC(=O)CCCCC(=O)O)ccc1OCC(F)(F)F. The molecule has 0 saturated heterocycles. The summed E-state index contributed by atoms with van der Waals surface area (Å²) in [5.41, 5.74) is 0.919. The quantitative estimate of drug-likeness (QED) is 0.714. The van der Waals surface area contributed by atoms with Gasteiger partial charge in [-0.2, -0.15) is 13.2 Å². The highest BCUT2D eigenvalue weighted by Crippen LogP contribution is 2.24. The summed E-state index contributed by atoms with van der Waals surface area (Å²) >= 11 is 0. The van der Waals surface area contributed by atoms with Gasteiger partial charge in [0.05, 0.1) is 0 Å². The number of anilines is 1. The topological polar surface area (TPSA) is 75.6 Å². The monoisotopic (exact) mass is 333 g/mol. The van der Waals surface area contributed by atoms with Crippen LogP contribution >= 0.6 is 0 Å². The number of carboxylic acid groups (broad SMARTS) is 1. The minimum Gasteiger partial charge on any atom is -0.484 e. The van der Waals surface area contributed by atoms with Crippen molar-refractivity contribution in [3.8, 4) is 5.75 Å². The van der Waals surface area contributed by atoms with Gasteiger partial charge in [0, 0.05) is 18.5 Å². The van der Waals surface area contributed by atoms with Gasteiger partial charge in [-0.3, -0.25) is 9.59 Å². The Morgan fingerprint density at radius 3 is 2.43 bits per heavy atom. The number of halogens is 3. The minimum absolute atomic E-state index is 0.0115. The van der Waals surface area contributed by atoms with Crippen molar-refractivity contribution < 1.29 is 32.6 Å². The molecule has 128 valence electrons. The number of hydrogen-bond donors (Lipinski definition) is 2. The van der Waals surface area contributed by atoms with E-state index >= 15 is 0 Å². The Bertz CT molecular complexity index is 558. The average Bonchev–Trinajstić information content (AvgIpc) is 2.41. The highest BCUT2D eigenvalue weighted by atomic mass is 19.4. The van der Waals surface area contributed by atoms with Crippen LogP contribution in [0.3, 0.4) is 0 Å². The molecule has 1 aromatic rings. The molecule has 23 heavy (non-hydrogen) atoms. The zero-order valence-electron chi connectivity index (χ0n) is 12.6. The summed E-state index contributed by atoms with van der Waals surface area (Å²) in [4.78, 5) is 22.0. The minimum atomic E-state index is -4.41. The molecule has 0 fully saturated rings. The molecule has 0 unspecified atom stereocenters. The molecule has 0 aliphatic rings. The van der Waals surface area contributed by atoms with E-state index in [1.807, 2.05) is 0 Å². The van der Waals surface area contributed by atoms with Crippen molar-refractivity contribution in [2.75, 3.05) is 11.9 Å². The van der Waals surface area contributed by atoms with Crippen LogP contribution in [0.4, 0.5) is 18.9 Å². The van der Waals surface area contributed by atoms with E-state index in [4.69, 9.17) is 5.11 Å². The Hall–Kier alpha value is -2.25. The highest BCUT2D eigenvalue weighted by molar-refractivity contribution is 5.90. The molecule has 0 bridgehead atoms. The van der Waals surface area contributed by atoms with Crippen LogP contribution in [0.2, 0.25) is 0 Å². The molecule has 0 spiro atoms. The smallest absolute Gasteiger partial charge is 0.422 e. The fourth-order valence-electron chi connectivity index (χ4n) is 1.83. The molecule has 2 N–H and O–H groups in total. The predicted octanol–water partition coefficient (Wildman–Crippen LogP) is 3.52. The lowest BCUT2D eigenvalue weighted by Crippen LogP contribution is -2.19. The zero-order chi connectivity index (χ0) is 17.5. The summed E-state index contributed by atoms with van der Waals surface area (Å²) in [5.74, 6) is -1.09. The average molecular weight is 333 g/mol. The Balaban J connectivity index is 2.47. The number of alkyl halides is 3. The number of carboxylic acids is 1. The standard InChI is InChI=1S/C15H18F3NO4/c1-10-8-11(6-7-12(10)23-9-15(16,17)18)19-13(20)4-2-3-5-14(21)22/h6-8H,2-5,9H2,1H3,(H,19,20)(H,21,22). The van der Waals surface area contributed by atoms with Crippen LogP contribution in [0, 0.1) is 6.92 Å².